The van der Waals surface area contributed by atoms with Crippen LogP contribution in [-0.2, 0) is 20.5 Å². The van der Waals surface area contributed by atoms with Crippen molar-refractivity contribution >= 4 is 5.91 Å². The number of carbonyl (C=O) groups is 1. The van der Waals surface area contributed by atoms with Crippen LogP contribution in [0, 0.1) is 0 Å². The van der Waals surface area contributed by atoms with Gasteiger partial charge in [-0.3, -0.25) is 18.7 Å². The maximum atomic E-state index is 13.1. The molecule has 0 radical (unpaired) electrons. The predicted octanol–water partition coefficient (Wildman–Crippen LogP) is 1.69. The molecule has 0 aliphatic carbocycles. The number of nitrogens with zero attached hydrogens (tertiary/aromatic N) is 4. The van der Waals surface area contributed by atoms with E-state index >= 15 is 0 Å². The minimum Gasteiger partial charge on any atom is -0.496 e. The molecular weight excluding hydrogens is 412 g/mol. The standard InChI is InChI=1S/C23H26N4O5/c1-25-18(12-20(28)26(2)23(25)30)22(29)27-10-6-8-16(14-27)21-24-13-17(32-21)11-15-7-4-5-9-19(15)31-3/h4-5,7,9,12-13,16H,6,8,10-11,14H2,1-3H3. The molecule has 9 nitrogen and oxygen atoms in total. The Kier molecular flexibility index (Phi) is 5.98. The van der Waals surface area contributed by atoms with Gasteiger partial charge in [0.15, 0.2) is 5.89 Å². The molecule has 3 heterocycles. The van der Waals surface area contributed by atoms with Crippen LogP contribution in [0.3, 0.4) is 0 Å². The van der Waals surface area contributed by atoms with Crippen molar-refractivity contribution in [2.75, 3.05) is 20.2 Å². The molecule has 1 atom stereocenters. The minimum atomic E-state index is -0.525. The number of piperidine rings is 1. The van der Waals surface area contributed by atoms with E-state index in [2.05, 4.69) is 4.98 Å². The second kappa shape index (κ2) is 8.86. The van der Waals surface area contributed by atoms with Gasteiger partial charge in [0.1, 0.15) is 17.2 Å². The molecule has 0 spiro atoms. The van der Waals surface area contributed by atoms with E-state index in [4.69, 9.17) is 9.15 Å². The zero-order chi connectivity index (χ0) is 22.8. The first-order chi connectivity index (χ1) is 15.4. The van der Waals surface area contributed by atoms with Crippen LogP contribution in [0.2, 0.25) is 0 Å². The van der Waals surface area contributed by atoms with Gasteiger partial charge >= 0.3 is 5.69 Å². The van der Waals surface area contributed by atoms with Crippen molar-refractivity contribution in [2.45, 2.75) is 25.2 Å². The quantitative estimate of drug-likeness (QED) is 0.601. The summed E-state index contributed by atoms with van der Waals surface area (Å²) in [5.41, 5.74) is 0.0644. The van der Waals surface area contributed by atoms with Crippen molar-refractivity contribution in [1.82, 2.24) is 19.0 Å². The summed E-state index contributed by atoms with van der Waals surface area (Å²) < 4.78 is 13.6. The van der Waals surface area contributed by atoms with Crippen LogP contribution < -0.4 is 16.0 Å². The molecular formula is C23H26N4O5. The minimum absolute atomic E-state index is 0.0531. The highest BCUT2D eigenvalue weighted by Crippen LogP contribution is 2.29. The molecule has 0 saturated carbocycles. The highest BCUT2D eigenvalue weighted by atomic mass is 16.5. The van der Waals surface area contributed by atoms with Gasteiger partial charge in [0.2, 0.25) is 0 Å². The Hall–Kier alpha value is -3.62. The molecule has 32 heavy (non-hydrogen) atoms. The fourth-order valence-electron chi connectivity index (χ4n) is 4.09. The number of likely N-dealkylation sites (tertiary alicyclic amines) is 1. The van der Waals surface area contributed by atoms with Crippen molar-refractivity contribution in [3.63, 3.8) is 0 Å². The lowest BCUT2D eigenvalue weighted by Gasteiger charge is -2.31. The summed E-state index contributed by atoms with van der Waals surface area (Å²) in [5, 5.41) is 0. The number of hydrogen-bond donors (Lipinski definition) is 0. The van der Waals surface area contributed by atoms with Crippen LogP contribution in [-0.4, -0.2) is 45.1 Å². The van der Waals surface area contributed by atoms with Gasteiger partial charge in [-0.15, -0.1) is 0 Å². The number of methoxy groups -OCH3 is 1. The summed E-state index contributed by atoms with van der Waals surface area (Å²) >= 11 is 0. The third-order valence-electron chi connectivity index (χ3n) is 5.93. The van der Waals surface area contributed by atoms with Crippen LogP contribution in [0.4, 0.5) is 0 Å². The van der Waals surface area contributed by atoms with Gasteiger partial charge in [0.25, 0.3) is 11.5 Å². The van der Waals surface area contributed by atoms with E-state index < -0.39 is 11.2 Å². The highest BCUT2D eigenvalue weighted by Gasteiger charge is 2.30. The van der Waals surface area contributed by atoms with E-state index in [0.29, 0.717) is 25.4 Å². The molecule has 1 amide bonds. The van der Waals surface area contributed by atoms with Crippen LogP contribution in [0.5, 0.6) is 5.75 Å². The average Bonchev–Trinajstić information content (AvgIpc) is 3.28. The average molecular weight is 438 g/mol. The van der Waals surface area contributed by atoms with Gasteiger partial charge in [0, 0.05) is 45.2 Å². The molecule has 2 aromatic heterocycles. The van der Waals surface area contributed by atoms with Gasteiger partial charge < -0.3 is 14.1 Å². The first kappa shape index (κ1) is 21.6. The summed E-state index contributed by atoms with van der Waals surface area (Å²) in [6.07, 6.45) is 3.89. The van der Waals surface area contributed by atoms with Crippen LogP contribution in [0.1, 0.15) is 46.5 Å². The third kappa shape index (κ3) is 4.10. The van der Waals surface area contributed by atoms with Crippen molar-refractivity contribution in [3.8, 4) is 5.75 Å². The molecule has 1 aliphatic heterocycles. The van der Waals surface area contributed by atoms with E-state index in [9.17, 15) is 14.4 Å². The van der Waals surface area contributed by atoms with Crippen molar-refractivity contribution in [3.05, 3.63) is 80.3 Å². The number of ether oxygens (including phenoxy) is 1. The number of rotatable bonds is 5. The largest absolute Gasteiger partial charge is 0.496 e. The molecule has 0 bridgehead atoms. The van der Waals surface area contributed by atoms with E-state index in [1.54, 1.807) is 18.2 Å². The Labute approximate surface area is 184 Å². The molecule has 0 N–H and O–H groups in total. The summed E-state index contributed by atoms with van der Waals surface area (Å²) in [7, 11) is 4.52. The van der Waals surface area contributed by atoms with Crippen LogP contribution in [0.15, 0.2) is 50.5 Å². The van der Waals surface area contributed by atoms with Gasteiger partial charge in [-0.2, -0.15) is 0 Å². The Morgan fingerprint density at radius 1 is 1.22 bits per heavy atom. The molecule has 1 fully saturated rings. The fourth-order valence-corrected chi connectivity index (χ4v) is 4.09. The zero-order valence-corrected chi connectivity index (χ0v) is 18.4. The summed E-state index contributed by atoms with van der Waals surface area (Å²) in [6, 6.07) is 8.96. The number of hydrogen-bond acceptors (Lipinski definition) is 6. The Bertz CT molecular complexity index is 1260. The second-order valence-electron chi connectivity index (χ2n) is 8.01. The van der Waals surface area contributed by atoms with E-state index in [-0.39, 0.29) is 17.5 Å². The van der Waals surface area contributed by atoms with Gasteiger partial charge in [-0.1, -0.05) is 18.2 Å². The van der Waals surface area contributed by atoms with E-state index in [1.165, 1.54) is 24.7 Å². The van der Waals surface area contributed by atoms with Gasteiger partial charge in [-0.25, -0.2) is 9.78 Å². The second-order valence-corrected chi connectivity index (χ2v) is 8.01. The number of carbonyl (C=O) groups excluding carboxylic acids is 1. The molecule has 1 unspecified atom stereocenters. The van der Waals surface area contributed by atoms with Crippen LogP contribution in [0.25, 0.3) is 0 Å². The first-order valence-corrected chi connectivity index (χ1v) is 10.5. The number of oxazole rings is 1. The Morgan fingerprint density at radius 2 is 2.00 bits per heavy atom. The van der Waals surface area contributed by atoms with Gasteiger partial charge in [0.05, 0.1) is 19.2 Å². The number of benzene rings is 1. The molecule has 9 heteroatoms. The number of aromatic nitrogens is 3. The zero-order valence-electron chi connectivity index (χ0n) is 18.4. The molecule has 1 aliphatic rings. The molecule has 4 rings (SSSR count). The van der Waals surface area contributed by atoms with Gasteiger partial charge in [-0.05, 0) is 18.9 Å². The van der Waals surface area contributed by atoms with Crippen molar-refractivity contribution < 1.29 is 13.9 Å². The summed E-state index contributed by atoms with van der Waals surface area (Å²) in [4.78, 5) is 43.4. The number of para-hydroxylation sites is 1. The van der Waals surface area contributed by atoms with Crippen LogP contribution >= 0.6 is 0 Å². The lowest BCUT2D eigenvalue weighted by atomic mass is 9.97. The Balaban J connectivity index is 1.51. The monoisotopic (exact) mass is 438 g/mol. The highest BCUT2D eigenvalue weighted by molar-refractivity contribution is 5.92. The topological polar surface area (TPSA) is 99.6 Å². The fraction of sp³-hybridized carbons (Fsp3) is 0.391. The number of amides is 1. The molecule has 168 valence electrons. The third-order valence-corrected chi connectivity index (χ3v) is 5.93. The first-order valence-electron chi connectivity index (χ1n) is 10.5. The maximum absolute atomic E-state index is 13.1. The smallest absolute Gasteiger partial charge is 0.331 e. The molecule has 3 aromatic rings. The maximum Gasteiger partial charge on any atom is 0.331 e. The lowest BCUT2D eigenvalue weighted by molar-refractivity contribution is 0.0685. The lowest BCUT2D eigenvalue weighted by Crippen LogP contribution is -2.44. The normalized spacial score (nSPS) is 16.2. The van der Waals surface area contributed by atoms with Crippen molar-refractivity contribution in [2.24, 2.45) is 14.1 Å². The van der Waals surface area contributed by atoms with E-state index in [0.717, 1.165) is 34.5 Å². The molecule has 1 aromatic carbocycles. The summed E-state index contributed by atoms with van der Waals surface area (Å²) in [6.45, 7) is 0.963. The van der Waals surface area contributed by atoms with E-state index in [1.807, 2.05) is 24.3 Å². The predicted molar refractivity (Wildman–Crippen MR) is 117 cm³/mol. The SMILES string of the molecule is COc1ccccc1Cc1cnc(C2CCCN(C(=O)c3cc(=O)n(C)c(=O)n3C)C2)o1. The summed E-state index contributed by atoms with van der Waals surface area (Å²) in [5.74, 6) is 1.71. The Morgan fingerprint density at radius 3 is 2.78 bits per heavy atom. The van der Waals surface area contributed by atoms with Crippen molar-refractivity contribution in [1.29, 1.82) is 0 Å². The molecule has 1 saturated heterocycles.